The van der Waals surface area contributed by atoms with Gasteiger partial charge in [-0.05, 0) is 186 Å². The summed E-state index contributed by atoms with van der Waals surface area (Å²) in [5.41, 5.74) is 28.2. The van der Waals surface area contributed by atoms with Gasteiger partial charge in [-0.3, -0.25) is 0 Å². The van der Waals surface area contributed by atoms with Gasteiger partial charge in [-0.25, -0.2) is 19.3 Å². The van der Waals surface area contributed by atoms with E-state index in [1.165, 1.54) is 105 Å². The zero-order valence-corrected chi connectivity index (χ0v) is 78.7. The molecule has 16 nitrogen and oxygen atoms in total. The number of fused-ring (bicyclic) bond motifs is 17. The molecule has 5 aromatic heterocycles. The van der Waals surface area contributed by atoms with Crippen molar-refractivity contribution in [1.29, 1.82) is 15.8 Å². The molecule has 3 radical (unpaired) electrons. The standard InChI is InChI=1S/C51H38N2.C46H31NO.C18N12.CH3BFP.Bi.2H/c1-51(2)47-19-11-9-17-43(47)44-31-30-42(34-48(44)51)52(40-26-21-36(22-27-40)35-13-5-3-6-14-35)41-28-23-37(24-29-41)38-25-32-50-46(33-38)45-18-10-12-20-49(45)53(50)39-15-7-4-8-16-39;1-4-13-32(14-5-1)34-23-27-38(28-24-34)47(39-29-25-35(26-30-39)33-15-6-2-7-16-33)43-22-12-21-41-44-40-20-11-10-19-37(40)31-42(46(44)48-45(41)43)36-17-8-3-9-18-36;1-22-16-9(6-21)27-12-10-11(26-8(5-20)7(4-19)25-10)14-15(13(12)28-16)30-18(24-3)17(23-2)29-14;2-4-1-3;;;/h3-34H,1-2H3;1-31H;;4H,1H2;;;. The van der Waals surface area contributed by atoms with E-state index in [1.807, 2.05) is 0 Å². The Morgan fingerprint density at radius 3 is 1.25 bits per heavy atom. The number of anilines is 6. The van der Waals surface area contributed by atoms with Gasteiger partial charge < -0.3 is 33.3 Å². The number of alkyl halides is 1. The first-order valence-corrected chi connectivity index (χ1v) is 44.7. The molecule has 0 N–H and O–H groups in total. The van der Waals surface area contributed by atoms with Crippen LogP contribution in [0.5, 0.6) is 0 Å². The molecule has 0 aliphatic heterocycles. The topological polar surface area (TPSA) is 186 Å². The molecular weight excluding hydrogens is 1890 g/mol. The zero-order valence-electron chi connectivity index (χ0n) is 73.2. The third kappa shape index (κ3) is 16.3. The molecule has 136 heavy (non-hydrogen) atoms. The number of hydrogen-bond donors (Lipinski definition) is 0. The summed E-state index contributed by atoms with van der Waals surface area (Å²) >= 11 is 0. The van der Waals surface area contributed by atoms with Crippen LogP contribution in [0.1, 0.15) is 42.1 Å². The number of aromatic nitrogens is 7. The Balaban J connectivity index is 0.000000132. The van der Waals surface area contributed by atoms with Crippen molar-refractivity contribution in [1.82, 2.24) is 34.5 Å². The second-order valence-electron chi connectivity index (χ2n) is 32.5. The van der Waals surface area contributed by atoms with Crippen LogP contribution in [0.25, 0.3) is 175 Å². The Bertz CT molecular complexity index is 8230. The Kier molecular flexibility index (Phi) is 24.6. The smallest absolute Gasteiger partial charge is 0.307 e. The molecule has 0 amide bonds. The third-order valence-corrected chi connectivity index (χ3v) is 24.6. The molecule has 1 aliphatic rings. The number of hydrogen-bond acceptors (Lipinski definition) is 12. The second-order valence-corrected chi connectivity index (χ2v) is 33.2. The van der Waals surface area contributed by atoms with Gasteiger partial charge in [-0.2, -0.15) is 15.8 Å². The minimum atomic E-state index is -0.375. The van der Waals surface area contributed by atoms with E-state index in [0.29, 0.717) is 0 Å². The Morgan fingerprint density at radius 2 is 0.743 bits per heavy atom. The van der Waals surface area contributed by atoms with Crippen molar-refractivity contribution < 1.29 is 8.81 Å². The molecule has 20 heteroatoms. The third-order valence-electron chi connectivity index (χ3n) is 24.5. The predicted molar refractivity (Wildman–Crippen MR) is 553 cm³/mol. The fourth-order valence-corrected chi connectivity index (χ4v) is 18.2. The summed E-state index contributed by atoms with van der Waals surface area (Å²) < 4.78 is 20.0. The molecule has 5 heterocycles. The van der Waals surface area contributed by atoms with Gasteiger partial charge in [-0.15, -0.1) is 23.4 Å². The zero-order chi connectivity index (χ0) is 92.2. The van der Waals surface area contributed by atoms with Gasteiger partial charge in [0.25, 0.3) is 17.2 Å². The second kappa shape index (κ2) is 38.1. The molecule has 22 aromatic rings. The molecule has 0 fully saturated rings. The van der Waals surface area contributed by atoms with Crippen LogP contribution in [-0.4, -0.2) is 74.7 Å². The van der Waals surface area contributed by atoms with Crippen molar-refractivity contribution in [2.75, 3.05) is 16.2 Å². The molecule has 0 bridgehead atoms. The fourth-order valence-electron chi connectivity index (χ4n) is 18.2. The summed E-state index contributed by atoms with van der Waals surface area (Å²) in [7, 11) is 4.65. The molecule has 0 saturated carbocycles. The fraction of sp³-hybridized carbons (Fsp3) is 0.0345. The number of nitrogens with zero attached hydrogens (tertiary/aromatic N) is 15. The molecular formula is C116H74BBiFN15OP. The predicted octanol–water partition coefficient (Wildman–Crippen LogP) is 29.6. The van der Waals surface area contributed by atoms with Crippen molar-refractivity contribution >= 4 is 181 Å². The number of benzene rings is 17. The van der Waals surface area contributed by atoms with Crippen LogP contribution in [0.2, 0.25) is 0 Å². The van der Waals surface area contributed by atoms with Crippen LogP contribution in [0.4, 0.5) is 56.0 Å². The molecule has 0 saturated heterocycles. The van der Waals surface area contributed by atoms with Gasteiger partial charge in [0, 0.05) is 66.6 Å². The van der Waals surface area contributed by atoms with E-state index in [1.54, 1.807) is 18.2 Å². The summed E-state index contributed by atoms with van der Waals surface area (Å²) in [6.45, 7) is 26.4. The molecule has 1 atom stereocenters. The average molecular weight is 1960 g/mol. The van der Waals surface area contributed by atoms with E-state index >= 15 is 0 Å². The van der Waals surface area contributed by atoms with E-state index in [9.17, 15) is 20.2 Å². The molecule has 17 aromatic carbocycles. The van der Waals surface area contributed by atoms with Crippen LogP contribution < -0.4 is 9.80 Å². The maximum Gasteiger partial charge on any atom is 0.307 e. The van der Waals surface area contributed by atoms with Gasteiger partial charge >= 0.3 is 32.0 Å². The van der Waals surface area contributed by atoms with Crippen molar-refractivity contribution in [3.8, 4) is 90.7 Å². The van der Waals surface area contributed by atoms with Crippen LogP contribution in [0, 0.1) is 53.7 Å². The van der Waals surface area contributed by atoms with Gasteiger partial charge in [-0.1, -0.05) is 313 Å². The average Bonchev–Trinajstić information content (AvgIpc) is 1.68. The van der Waals surface area contributed by atoms with Crippen LogP contribution >= 0.6 is 8.46 Å². The van der Waals surface area contributed by atoms with E-state index in [4.69, 9.17) is 24.1 Å². The van der Waals surface area contributed by atoms with Gasteiger partial charge in [0.15, 0.2) is 22.7 Å². The van der Waals surface area contributed by atoms with Crippen LogP contribution in [-0.2, 0) is 5.41 Å². The van der Waals surface area contributed by atoms with Crippen molar-refractivity contribution in [3.63, 3.8) is 0 Å². The normalized spacial score (nSPS) is 11.5. The van der Waals surface area contributed by atoms with Crippen molar-refractivity contribution in [3.05, 3.63) is 445 Å². The molecule has 1 aliphatic carbocycles. The van der Waals surface area contributed by atoms with E-state index in [0.717, 1.165) is 67.2 Å². The number of para-hydroxylation sites is 3. The van der Waals surface area contributed by atoms with Crippen molar-refractivity contribution in [2.24, 2.45) is 0 Å². The maximum atomic E-state index is 10.6. The first-order valence-electron chi connectivity index (χ1n) is 43.4. The molecule has 1 unspecified atom stereocenters. The number of halogens is 1. The minimum absolute atomic E-state index is 0. The first kappa shape index (κ1) is 87.8. The number of rotatable bonds is 13. The Morgan fingerprint density at radius 1 is 0.353 bits per heavy atom. The van der Waals surface area contributed by atoms with E-state index in [-0.39, 0.29) is 114 Å². The van der Waals surface area contributed by atoms with Gasteiger partial charge in [0.05, 0.1) is 23.1 Å². The maximum absolute atomic E-state index is 10.6. The van der Waals surface area contributed by atoms with E-state index in [2.05, 4.69) is 462 Å². The summed E-state index contributed by atoms with van der Waals surface area (Å²) in [5.74, 6) is -0.890. The molecule has 0 spiro atoms. The monoisotopic (exact) mass is 1960 g/mol. The van der Waals surface area contributed by atoms with E-state index < -0.39 is 0 Å². The molecule has 639 valence electrons. The van der Waals surface area contributed by atoms with Crippen LogP contribution in [0.15, 0.2) is 387 Å². The molecule has 23 rings (SSSR count). The summed E-state index contributed by atoms with van der Waals surface area (Å²) in [6.07, 6.45) is -0.375. The first-order chi connectivity index (χ1) is 66.4. The van der Waals surface area contributed by atoms with Crippen LogP contribution in [0.3, 0.4) is 0 Å². The van der Waals surface area contributed by atoms with Gasteiger partial charge in [0.2, 0.25) is 11.0 Å². The summed E-state index contributed by atoms with van der Waals surface area (Å²) in [4.78, 5) is 39.1. The van der Waals surface area contributed by atoms with Gasteiger partial charge in [0.1, 0.15) is 47.9 Å². The Hall–Kier alpha value is -17.5. The minimum Gasteiger partial charge on any atom is -0.453 e. The quantitative estimate of drug-likeness (QED) is 0.0461. The largest absolute Gasteiger partial charge is 0.453 e. The Labute approximate surface area is 805 Å². The number of furan rings is 1. The van der Waals surface area contributed by atoms with Crippen molar-refractivity contribution in [2.45, 2.75) is 19.3 Å². The number of nitriles is 3. The summed E-state index contributed by atoms with van der Waals surface area (Å²) in [6, 6.07) is 143. The summed E-state index contributed by atoms with van der Waals surface area (Å²) in [5, 5.41) is 35.0. The SMILES string of the molecule is CC1(C)c2ccccc2-c2ccc(N(c3ccc(-c4ccccc4)cc3)c3ccc(-c4ccc5c(c4)c4ccccc4n5-c4ccccc4)cc3)cc21.[B]PCF.[BiH2].[C-]#[N+]c1nc2c(nc1C#N)c1nc(C#N)c(C#N)nc1c1nc([N+]#[C-])c([N+]#[C-])nc21.c1ccc(-c2ccc(N(c3ccc(-c4ccccc4)cc3)c3cccc4c3oc3c(-c5ccccc5)cc5ccccc5c34)cc2)cc1.